The Bertz CT molecular complexity index is 1230. The normalized spacial score (nSPS) is 16.9. The fourth-order valence-corrected chi connectivity index (χ4v) is 5.28. The van der Waals surface area contributed by atoms with Gasteiger partial charge in [0.15, 0.2) is 0 Å². The molecule has 0 radical (unpaired) electrons. The van der Waals surface area contributed by atoms with Crippen molar-refractivity contribution in [3.63, 3.8) is 0 Å². The Balaban J connectivity index is 1.64. The number of aryl methyl sites for hydroxylation is 1. The van der Waals surface area contributed by atoms with Crippen LogP contribution in [0, 0.1) is 6.92 Å². The van der Waals surface area contributed by atoms with Crippen LogP contribution in [-0.2, 0) is 5.41 Å². The number of allylic oxidation sites excluding steroid dienone is 4. The van der Waals surface area contributed by atoms with Gasteiger partial charge in [-0.2, -0.15) is 0 Å². The van der Waals surface area contributed by atoms with Crippen LogP contribution in [0.5, 0.6) is 0 Å². The third kappa shape index (κ3) is 2.98. The molecule has 0 nitrogen and oxygen atoms in total. The van der Waals surface area contributed by atoms with Crippen molar-refractivity contribution in [1.82, 2.24) is 0 Å². The summed E-state index contributed by atoms with van der Waals surface area (Å²) in [6.07, 6.45) is 4.75. The second-order valence-corrected chi connectivity index (χ2v) is 9.70. The van der Waals surface area contributed by atoms with Crippen molar-refractivity contribution in [1.29, 1.82) is 0 Å². The Kier molecular flexibility index (Phi) is 4.36. The molecule has 0 aliphatic heterocycles. The van der Waals surface area contributed by atoms with Crippen LogP contribution in [0.1, 0.15) is 62.8 Å². The largest absolute Gasteiger partial charge is 0.0724 e. The summed E-state index contributed by atoms with van der Waals surface area (Å²) in [5, 5.41) is 0. The molecule has 2 aliphatic carbocycles. The predicted molar refractivity (Wildman–Crippen MR) is 130 cm³/mol. The highest BCUT2D eigenvalue weighted by molar-refractivity contribution is 5.85. The van der Waals surface area contributed by atoms with Crippen LogP contribution < -0.4 is 0 Å². The molecule has 3 aromatic rings. The van der Waals surface area contributed by atoms with Gasteiger partial charge >= 0.3 is 0 Å². The minimum atomic E-state index is 0.0386. The third-order valence-electron chi connectivity index (χ3n) is 7.05. The maximum absolute atomic E-state index is 2.43. The maximum atomic E-state index is 2.43. The molecule has 30 heavy (non-hydrogen) atoms. The molecule has 5 rings (SSSR count). The molecule has 0 spiro atoms. The Hall–Kier alpha value is -2.86. The first-order valence-electron chi connectivity index (χ1n) is 11.1. The minimum absolute atomic E-state index is 0.0386. The summed E-state index contributed by atoms with van der Waals surface area (Å²) in [6.45, 7) is 11.5. The van der Waals surface area contributed by atoms with E-state index in [9.17, 15) is 0 Å². The Morgan fingerprint density at radius 2 is 1.40 bits per heavy atom. The first kappa shape index (κ1) is 19.1. The van der Waals surface area contributed by atoms with Crippen molar-refractivity contribution in [3.05, 3.63) is 100 Å². The average molecular weight is 391 g/mol. The van der Waals surface area contributed by atoms with Gasteiger partial charge in [-0.25, -0.2) is 0 Å². The second-order valence-electron chi connectivity index (χ2n) is 9.70. The van der Waals surface area contributed by atoms with E-state index in [4.69, 9.17) is 0 Å². The van der Waals surface area contributed by atoms with Crippen molar-refractivity contribution < 1.29 is 0 Å². The number of hydrogen-bond acceptors (Lipinski definition) is 0. The highest BCUT2D eigenvalue weighted by Gasteiger charge is 2.35. The lowest BCUT2D eigenvalue weighted by Gasteiger charge is -2.22. The number of rotatable bonds is 2. The first-order chi connectivity index (χ1) is 14.3. The lowest BCUT2D eigenvalue weighted by Crippen LogP contribution is -2.14. The molecule has 150 valence electrons. The second kappa shape index (κ2) is 6.84. The Morgan fingerprint density at radius 3 is 2.23 bits per heavy atom. The minimum Gasteiger partial charge on any atom is -0.0724 e. The van der Waals surface area contributed by atoms with Gasteiger partial charge in [0.05, 0.1) is 0 Å². The van der Waals surface area contributed by atoms with Crippen LogP contribution in [0.3, 0.4) is 0 Å². The van der Waals surface area contributed by atoms with E-state index in [1.807, 2.05) is 0 Å². The topological polar surface area (TPSA) is 0 Å². The molecule has 0 heterocycles. The fourth-order valence-electron chi connectivity index (χ4n) is 5.28. The molecule has 0 aromatic heterocycles. The van der Waals surface area contributed by atoms with Gasteiger partial charge in [-0.1, -0.05) is 79.6 Å². The van der Waals surface area contributed by atoms with Gasteiger partial charge in [0.25, 0.3) is 0 Å². The summed E-state index contributed by atoms with van der Waals surface area (Å²) in [4.78, 5) is 0. The van der Waals surface area contributed by atoms with Crippen molar-refractivity contribution >= 4 is 5.57 Å². The van der Waals surface area contributed by atoms with Crippen LogP contribution >= 0.6 is 0 Å². The van der Waals surface area contributed by atoms with E-state index in [1.165, 1.54) is 74.1 Å². The highest BCUT2D eigenvalue weighted by Crippen LogP contribution is 2.49. The Morgan fingerprint density at radius 1 is 0.667 bits per heavy atom. The van der Waals surface area contributed by atoms with Gasteiger partial charge in [0, 0.05) is 5.41 Å². The summed E-state index contributed by atoms with van der Waals surface area (Å²) in [6, 6.07) is 23.0. The van der Waals surface area contributed by atoms with Crippen molar-refractivity contribution in [3.8, 4) is 22.3 Å². The van der Waals surface area contributed by atoms with E-state index in [1.54, 1.807) is 0 Å². The van der Waals surface area contributed by atoms with E-state index < -0.39 is 0 Å². The summed E-state index contributed by atoms with van der Waals surface area (Å²) < 4.78 is 0. The standard InChI is InChI=1S/C30H30/c1-19-10-11-21(3)27(16-19)24-15-20(2)14-23(17-24)22-12-13-26-25-8-6-7-9-28(25)30(4,5)29(26)18-22/h6-9,12-18H,10-11H2,1-5H3. The van der Waals surface area contributed by atoms with Gasteiger partial charge in [-0.05, 0) is 95.8 Å². The van der Waals surface area contributed by atoms with Crippen LogP contribution in [0.15, 0.2) is 77.9 Å². The SMILES string of the molecule is CC1=CC(c2cc(C)cc(-c3ccc4c(c3)C(C)(C)c3ccccc3-4)c2)=C(C)CC1. The quantitative estimate of drug-likeness (QED) is 0.411. The van der Waals surface area contributed by atoms with Crippen LogP contribution in [-0.4, -0.2) is 0 Å². The predicted octanol–water partition coefficient (Wildman–Crippen LogP) is 8.48. The third-order valence-corrected chi connectivity index (χ3v) is 7.05. The molecule has 0 heteroatoms. The Labute approximate surface area is 181 Å². The van der Waals surface area contributed by atoms with Crippen LogP contribution in [0.4, 0.5) is 0 Å². The fraction of sp³-hybridized carbons (Fsp3) is 0.267. The zero-order valence-corrected chi connectivity index (χ0v) is 18.8. The monoisotopic (exact) mass is 390 g/mol. The summed E-state index contributed by atoms with van der Waals surface area (Å²) in [5.74, 6) is 0. The van der Waals surface area contributed by atoms with E-state index in [0.717, 1.165) is 0 Å². The molecule has 0 atom stereocenters. The van der Waals surface area contributed by atoms with Crippen molar-refractivity contribution in [2.24, 2.45) is 0 Å². The van der Waals surface area contributed by atoms with E-state index in [-0.39, 0.29) is 5.41 Å². The molecule has 0 N–H and O–H groups in total. The molecule has 0 bridgehead atoms. The molecular formula is C30H30. The zero-order valence-electron chi connectivity index (χ0n) is 18.8. The van der Waals surface area contributed by atoms with Gasteiger partial charge in [0.1, 0.15) is 0 Å². The van der Waals surface area contributed by atoms with Crippen LogP contribution in [0.2, 0.25) is 0 Å². The molecule has 0 amide bonds. The summed E-state index contributed by atoms with van der Waals surface area (Å²) >= 11 is 0. The molecule has 0 fully saturated rings. The van der Waals surface area contributed by atoms with E-state index in [0.29, 0.717) is 0 Å². The van der Waals surface area contributed by atoms with Gasteiger partial charge in [-0.3, -0.25) is 0 Å². The van der Waals surface area contributed by atoms with Crippen molar-refractivity contribution in [2.75, 3.05) is 0 Å². The lowest BCUT2D eigenvalue weighted by molar-refractivity contribution is 0.660. The highest BCUT2D eigenvalue weighted by atomic mass is 14.4. The zero-order chi connectivity index (χ0) is 21.0. The maximum Gasteiger partial charge on any atom is 0.0159 e. The molecule has 3 aromatic carbocycles. The molecule has 0 saturated heterocycles. The number of hydrogen-bond donors (Lipinski definition) is 0. The molecular weight excluding hydrogens is 360 g/mol. The van der Waals surface area contributed by atoms with Gasteiger partial charge in [0.2, 0.25) is 0 Å². The van der Waals surface area contributed by atoms with Gasteiger partial charge in [-0.15, -0.1) is 0 Å². The van der Waals surface area contributed by atoms with Gasteiger partial charge < -0.3 is 0 Å². The van der Waals surface area contributed by atoms with E-state index >= 15 is 0 Å². The number of benzene rings is 3. The molecule has 0 unspecified atom stereocenters. The number of fused-ring (bicyclic) bond motifs is 3. The molecule has 2 aliphatic rings. The smallest absolute Gasteiger partial charge is 0.0159 e. The summed E-state index contributed by atoms with van der Waals surface area (Å²) in [7, 11) is 0. The van der Waals surface area contributed by atoms with Crippen molar-refractivity contribution in [2.45, 2.75) is 52.9 Å². The molecule has 0 saturated carbocycles. The lowest BCUT2D eigenvalue weighted by atomic mass is 9.81. The van der Waals surface area contributed by atoms with E-state index in [2.05, 4.69) is 101 Å². The van der Waals surface area contributed by atoms with Crippen LogP contribution in [0.25, 0.3) is 27.8 Å². The first-order valence-corrected chi connectivity index (χ1v) is 11.1. The summed E-state index contributed by atoms with van der Waals surface area (Å²) in [5.41, 5.74) is 15.4. The average Bonchev–Trinajstić information content (AvgIpc) is 2.96.